The summed E-state index contributed by atoms with van der Waals surface area (Å²) in [5.41, 5.74) is 7.78. The smallest absolute Gasteiger partial charge is 0.129 e. The van der Waals surface area contributed by atoms with E-state index in [1.807, 2.05) is 24.3 Å². The van der Waals surface area contributed by atoms with Gasteiger partial charge in [0.2, 0.25) is 0 Å². The molecule has 2 aromatic carbocycles. The van der Waals surface area contributed by atoms with E-state index in [1.54, 1.807) is 0 Å². The van der Waals surface area contributed by atoms with Crippen LogP contribution < -0.4 is 10.5 Å². The highest BCUT2D eigenvalue weighted by Crippen LogP contribution is 2.28. The second-order valence-electron chi connectivity index (χ2n) is 5.49. The zero-order valence-electron chi connectivity index (χ0n) is 11.6. The molecule has 0 radical (unpaired) electrons. The van der Waals surface area contributed by atoms with Gasteiger partial charge in [-0.1, -0.05) is 24.3 Å². The van der Waals surface area contributed by atoms with Crippen LogP contribution in [0.4, 0.5) is 8.78 Å². The lowest BCUT2D eigenvalue weighted by molar-refractivity contribution is 0.198. The summed E-state index contributed by atoms with van der Waals surface area (Å²) in [6.45, 7) is 0.529. The van der Waals surface area contributed by atoms with Crippen LogP contribution in [0.3, 0.4) is 0 Å². The van der Waals surface area contributed by atoms with Crippen LogP contribution in [0, 0.1) is 17.6 Å². The molecular weight excluding hydrogens is 272 g/mol. The molecule has 1 aliphatic heterocycles. The van der Waals surface area contributed by atoms with Gasteiger partial charge in [0.1, 0.15) is 17.4 Å². The highest BCUT2D eigenvalue weighted by atomic mass is 19.1. The van der Waals surface area contributed by atoms with Crippen molar-refractivity contribution in [3.05, 3.63) is 65.2 Å². The normalized spacial score (nSPS) is 18.7. The van der Waals surface area contributed by atoms with E-state index in [2.05, 4.69) is 0 Å². The molecule has 2 nitrogen and oxygen atoms in total. The summed E-state index contributed by atoms with van der Waals surface area (Å²) in [6.07, 6.45) is 1.20. The molecule has 1 aliphatic rings. The molecule has 2 aromatic rings. The minimum Gasteiger partial charge on any atom is -0.493 e. The van der Waals surface area contributed by atoms with E-state index in [0.29, 0.717) is 18.6 Å². The van der Waals surface area contributed by atoms with Crippen LogP contribution in [0.15, 0.2) is 42.5 Å². The fraction of sp³-hybridized carbons (Fsp3) is 0.294. The van der Waals surface area contributed by atoms with Gasteiger partial charge in [0.05, 0.1) is 6.61 Å². The maximum Gasteiger partial charge on any atom is 0.129 e. The minimum absolute atomic E-state index is 0.129. The van der Waals surface area contributed by atoms with Crippen molar-refractivity contribution in [1.82, 2.24) is 0 Å². The first kappa shape index (κ1) is 14.0. The van der Waals surface area contributed by atoms with Crippen molar-refractivity contribution in [2.75, 3.05) is 6.61 Å². The molecule has 0 spiro atoms. The van der Waals surface area contributed by atoms with Gasteiger partial charge >= 0.3 is 0 Å². The molecule has 21 heavy (non-hydrogen) atoms. The zero-order chi connectivity index (χ0) is 14.8. The molecule has 2 N–H and O–H groups in total. The van der Waals surface area contributed by atoms with Crippen LogP contribution in [-0.4, -0.2) is 12.6 Å². The Morgan fingerprint density at radius 3 is 2.81 bits per heavy atom. The maximum atomic E-state index is 13.7. The fourth-order valence-electron chi connectivity index (χ4n) is 2.73. The van der Waals surface area contributed by atoms with Gasteiger partial charge in [-0.15, -0.1) is 0 Å². The van der Waals surface area contributed by atoms with E-state index in [4.69, 9.17) is 10.5 Å². The first-order valence-corrected chi connectivity index (χ1v) is 7.03. The Morgan fingerprint density at radius 1 is 1.19 bits per heavy atom. The van der Waals surface area contributed by atoms with E-state index in [9.17, 15) is 8.78 Å². The Hall–Kier alpha value is -1.94. The largest absolute Gasteiger partial charge is 0.493 e. The molecule has 110 valence electrons. The van der Waals surface area contributed by atoms with Crippen molar-refractivity contribution in [3.8, 4) is 5.75 Å². The minimum atomic E-state index is -0.570. The zero-order valence-corrected chi connectivity index (χ0v) is 11.6. The van der Waals surface area contributed by atoms with Crippen molar-refractivity contribution in [1.29, 1.82) is 0 Å². The second-order valence-corrected chi connectivity index (χ2v) is 5.49. The Kier molecular flexibility index (Phi) is 3.88. The number of rotatable bonds is 3. The summed E-state index contributed by atoms with van der Waals surface area (Å²) in [5, 5.41) is 0. The lowest BCUT2D eigenvalue weighted by Crippen LogP contribution is -2.39. The first-order valence-electron chi connectivity index (χ1n) is 7.03. The second kappa shape index (κ2) is 5.82. The fourth-order valence-corrected chi connectivity index (χ4v) is 2.73. The number of hydrogen-bond acceptors (Lipinski definition) is 2. The van der Waals surface area contributed by atoms with Gasteiger partial charge in [-0.25, -0.2) is 8.78 Å². The molecule has 3 rings (SSSR count). The summed E-state index contributed by atoms with van der Waals surface area (Å²) in [6, 6.07) is 11.3. The van der Waals surface area contributed by atoms with Crippen molar-refractivity contribution in [2.24, 2.45) is 11.7 Å². The summed E-state index contributed by atoms with van der Waals surface area (Å²) in [4.78, 5) is 0. The van der Waals surface area contributed by atoms with Gasteiger partial charge in [-0.2, -0.15) is 0 Å². The number of nitrogens with two attached hydrogens (primary N) is 1. The van der Waals surface area contributed by atoms with Crippen LogP contribution in [0.25, 0.3) is 0 Å². The van der Waals surface area contributed by atoms with Gasteiger partial charge < -0.3 is 10.5 Å². The van der Waals surface area contributed by atoms with Crippen LogP contribution in [0.2, 0.25) is 0 Å². The Labute approximate surface area is 122 Å². The third kappa shape index (κ3) is 3.05. The van der Waals surface area contributed by atoms with Crippen molar-refractivity contribution < 1.29 is 13.5 Å². The van der Waals surface area contributed by atoms with Gasteiger partial charge in [0.25, 0.3) is 0 Å². The maximum absolute atomic E-state index is 13.7. The third-order valence-electron chi connectivity index (χ3n) is 3.98. The first-order chi connectivity index (χ1) is 10.1. The van der Waals surface area contributed by atoms with Crippen molar-refractivity contribution >= 4 is 0 Å². The number of benzene rings is 2. The highest BCUT2D eigenvalue weighted by molar-refractivity contribution is 5.35. The average molecular weight is 289 g/mol. The molecule has 1 heterocycles. The van der Waals surface area contributed by atoms with Gasteiger partial charge in [-0.05, 0) is 36.1 Å². The number of ether oxygens (including phenoxy) is 1. The number of para-hydroxylation sites is 1. The molecule has 0 bridgehead atoms. The van der Waals surface area contributed by atoms with Crippen LogP contribution >= 0.6 is 0 Å². The van der Waals surface area contributed by atoms with E-state index in [0.717, 1.165) is 23.8 Å². The topological polar surface area (TPSA) is 35.2 Å². The van der Waals surface area contributed by atoms with Gasteiger partial charge in [0.15, 0.2) is 0 Å². The average Bonchev–Trinajstić information content (AvgIpc) is 2.49. The Morgan fingerprint density at radius 2 is 2.00 bits per heavy atom. The third-order valence-corrected chi connectivity index (χ3v) is 3.98. The molecule has 0 saturated carbocycles. The predicted molar refractivity (Wildman–Crippen MR) is 77.2 cm³/mol. The van der Waals surface area contributed by atoms with E-state index in [1.165, 1.54) is 12.1 Å². The number of fused-ring (bicyclic) bond motifs is 1. The number of hydrogen-bond donors (Lipinski definition) is 1. The molecular formula is C17H17F2NO. The van der Waals surface area contributed by atoms with Crippen LogP contribution in [0.5, 0.6) is 5.75 Å². The number of halogens is 2. The Bertz CT molecular complexity index is 644. The summed E-state index contributed by atoms with van der Waals surface area (Å²) in [7, 11) is 0. The lowest BCUT2D eigenvalue weighted by atomic mass is 9.87. The lowest BCUT2D eigenvalue weighted by Gasteiger charge is -2.29. The predicted octanol–water partition coefficient (Wildman–Crippen LogP) is 3.09. The Balaban J connectivity index is 1.70. The molecule has 0 aliphatic carbocycles. The molecule has 0 aromatic heterocycles. The van der Waals surface area contributed by atoms with Crippen LogP contribution in [0.1, 0.15) is 11.1 Å². The van der Waals surface area contributed by atoms with E-state index >= 15 is 0 Å². The molecule has 4 heteroatoms. The summed E-state index contributed by atoms with van der Waals surface area (Å²) < 4.78 is 32.3. The van der Waals surface area contributed by atoms with Crippen molar-refractivity contribution in [2.45, 2.75) is 18.9 Å². The quantitative estimate of drug-likeness (QED) is 0.942. The summed E-state index contributed by atoms with van der Waals surface area (Å²) in [5.74, 6) is -0.0828. The van der Waals surface area contributed by atoms with Gasteiger partial charge in [-0.3, -0.25) is 0 Å². The molecule has 2 unspecified atom stereocenters. The van der Waals surface area contributed by atoms with Gasteiger partial charge in [0, 0.05) is 18.0 Å². The van der Waals surface area contributed by atoms with Crippen molar-refractivity contribution in [3.63, 3.8) is 0 Å². The molecule has 0 saturated heterocycles. The molecule has 0 amide bonds. The van der Waals surface area contributed by atoms with Crippen LogP contribution in [-0.2, 0) is 12.8 Å². The summed E-state index contributed by atoms with van der Waals surface area (Å²) >= 11 is 0. The molecule has 2 atom stereocenters. The highest BCUT2D eigenvalue weighted by Gasteiger charge is 2.25. The SMILES string of the molecule is NC(Cc1ccc(F)cc1F)C1COc2ccccc2C1. The van der Waals surface area contributed by atoms with E-state index in [-0.39, 0.29) is 12.0 Å². The molecule has 0 fully saturated rings. The van der Waals surface area contributed by atoms with E-state index < -0.39 is 11.6 Å². The standard InChI is InChI=1S/C17H17F2NO/c18-14-6-5-11(15(19)9-14)8-16(20)13-7-12-3-1-2-4-17(12)21-10-13/h1-6,9,13,16H,7-8,10,20H2. The monoisotopic (exact) mass is 289 g/mol.